The van der Waals surface area contributed by atoms with Crippen LogP contribution in [0, 0.1) is 0 Å². The fourth-order valence-electron chi connectivity index (χ4n) is 1.96. The topological polar surface area (TPSA) is 52.3 Å². The van der Waals surface area contributed by atoms with Gasteiger partial charge in [0.1, 0.15) is 6.61 Å². The van der Waals surface area contributed by atoms with Crippen molar-refractivity contribution < 1.29 is 9.53 Å². The fourth-order valence-corrected chi connectivity index (χ4v) is 2.22. The average Bonchev–Trinajstić information content (AvgIpc) is 2.53. The lowest BCUT2D eigenvalue weighted by Gasteiger charge is -2.11. The minimum Gasteiger partial charge on any atom is -0.461 e. The van der Waals surface area contributed by atoms with Crippen LogP contribution in [-0.4, -0.2) is 5.97 Å². The molecule has 1 unspecified atom stereocenters. The molecule has 0 amide bonds. The van der Waals surface area contributed by atoms with Crippen LogP contribution >= 0.6 is 15.9 Å². The molecular formula is C17H18BrNO2. The molecule has 0 aromatic heterocycles. The summed E-state index contributed by atoms with van der Waals surface area (Å²) in [7, 11) is 0. The Morgan fingerprint density at radius 2 is 1.76 bits per heavy atom. The molecule has 0 aliphatic heterocycles. The van der Waals surface area contributed by atoms with Crippen molar-refractivity contribution in [3.8, 4) is 0 Å². The minimum absolute atomic E-state index is 0.133. The van der Waals surface area contributed by atoms with Crippen LogP contribution in [0.15, 0.2) is 59.1 Å². The molecule has 110 valence electrons. The molecule has 0 spiro atoms. The first-order valence-electron chi connectivity index (χ1n) is 6.86. The highest BCUT2D eigenvalue weighted by Gasteiger charge is 2.10. The van der Waals surface area contributed by atoms with Gasteiger partial charge in [-0.25, -0.2) is 0 Å². The molecule has 0 aliphatic carbocycles. The molecule has 4 heteroatoms. The maximum atomic E-state index is 11.7. The number of hydrogen-bond donors (Lipinski definition) is 1. The van der Waals surface area contributed by atoms with E-state index in [1.807, 2.05) is 54.6 Å². The summed E-state index contributed by atoms with van der Waals surface area (Å²) in [6.07, 6.45) is 0.912. The molecule has 0 bridgehead atoms. The Labute approximate surface area is 133 Å². The maximum Gasteiger partial charge on any atom is 0.306 e. The van der Waals surface area contributed by atoms with Gasteiger partial charge in [-0.15, -0.1) is 0 Å². The van der Waals surface area contributed by atoms with E-state index < -0.39 is 0 Å². The number of esters is 1. The molecule has 0 fully saturated rings. The van der Waals surface area contributed by atoms with Crippen molar-refractivity contribution in [2.24, 2.45) is 5.73 Å². The van der Waals surface area contributed by atoms with Crippen LogP contribution in [0.4, 0.5) is 0 Å². The second-order valence-corrected chi connectivity index (χ2v) is 5.76. The number of benzene rings is 2. The van der Waals surface area contributed by atoms with E-state index in [4.69, 9.17) is 10.5 Å². The zero-order valence-electron chi connectivity index (χ0n) is 11.7. The normalized spacial score (nSPS) is 11.9. The van der Waals surface area contributed by atoms with Crippen LogP contribution in [-0.2, 0) is 16.1 Å². The van der Waals surface area contributed by atoms with Crippen molar-refractivity contribution >= 4 is 21.9 Å². The Kier molecular flexibility index (Phi) is 5.96. The second kappa shape index (κ2) is 7.96. The van der Waals surface area contributed by atoms with Crippen LogP contribution in [0.25, 0.3) is 0 Å². The van der Waals surface area contributed by atoms with E-state index in [0.29, 0.717) is 19.4 Å². The van der Waals surface area contributed by atoms with Gasteiger partial charge < -0.3 is 10.5 Å². The van der Waals surface area contributed by atoms with Gasteiger partial charge >= 0.3 is 5.97 Å². The smallest absolute Gasteiger partial charge is 0.306 e. The highest BCUT2D eigenvalue weighted by molar-refractivity contribution is 9.10. The maximum absolute atomic E-state index is 11.7. The molecule has 2 rings (SSSR count). The molecule has 3 nitrogen and oxygen atoms in total. The number of carbonyl (C=O) groups excluding carboxylic acids is 1. The summed E-state index contributed by atoms with van der Waals surface area (Å²) in [4.78, 5) is 11.7. The first-order valence-corrected chi connectivity index (χ1v) is 7.65. The standard InChI is InChI=1S/C17H18BrNO2/c18-15-8-6-13(7-9-15)12-21-17(20)11-10-16(19)14-4-2-1-3-5-14/h1-9,16H,10-12,19H2. The Balaban J connectivity index is 1.73. The van der Waals surface area contributed by atoms with Gasteiger partial charge in [-0.05, 0) is 29.7 Å². The third kappa shape index (κ3) is 5.33. The minimum atomic E-state index is -0.218. The van der Waals surface area contributed by atoms with Gasteiger partial charge in [0.05, 0.1) is 0 Å². The lowest BCUT2D eigenvalue weighted by molar-refractivity contribution is -0.145. The Morgan fingerprint density at radius 3 is 2.43 bits per heavy atom. The molecule has 21 heavy (non-hydrogen) atoms. The first kappa shape index (κ1) is 15.7. The average molecular weight is 348 g/mol. The molecule has 0 saturated heterocycles. The summed E-state index contributed by atoms with van der Waals surface area (Å²) >= 11 is 3.37. The molecule has 2 aromatic carbocycles. The van der Waals surface area contributed by atoms with Gasteiger partial charge in [0.25, 0.3) is 0 Å². The third-order valence-electron chi connectivity index (χ3n) is 3.20. The van der Waals surface area contributed by atoms with Gasteiger partial charge in [-0.1, -0.05) is 58.4 Å². The summed E-state index contributed by atoms with van der Waals surface area (Å²) in [5.41, 5.74) is 8.07. The Bertz CT molecular complexity index is 569. The van der Waals surface area contributed by atoms with Crippen LogP contribution < -0.4 is 5.73 Å². The number of rotatable bonds is 6. The zero-order chi connectivity index (χ0) is 15.1. The lowest BCUT2D eigenvalue weighted by atomic mass is 10.0. The Morgan fingerprint density at radius 1 is 1.10 bits per heavy atom. The van der Waals surface area contributed by atoms with Crippen molar-refractivity contribution in [1.29, 1.82) is 0 Å². The highest BCUT2D eigenvalue weighted by atomic mass is 79.9. The third-order valence-corrected chi connectivity index (χ3v) is 3.73. The predicted molar refractivity (Wildman–Crippen MR) is 86.5 cm³/mol. The molecule has 0 heterocycles. The second-order valence-electron chi connectivity index (χ2n) is 4.84. The van der Waals surface area contributed by atoms with Crippen LogP contribution in [0.1, 0.15) is 30.0 Å². The van der Waals surface area contributed by atoms with Crippen molar-refractivity contribution in [2.45, 2.75) is 25.5 Å². The summed E-state index contributed by atoms with van der Waals surface area (Å²) < 4.78 is 6.25. The van der Waals surface area contributed by atoms with E-state index in [2.05, 4.69) is 15.9 Å². The van der Waals surface area contributed by atoms with Crippen molar-refractivity contribution in [1.82, 2.24) is 0 Å². The van der Waals surface area contributed by atoms with E-state index in [1.165, 1.54) is 0 Å². The van der Waals surface area contributed by atoms with Gasteiger partial charge in [0.15, 0.2) is 0 Å². The van der Waals surface area contributed by atoms with E-state index in [0.717, 1.165) is 15.6 Å². The zero-order valence-corrected chi connectivity index (χ0v) is 13.3. The number of nitrogens with two attached hydrogens (primary N) is 1. The van der Waals surface area contributed by atoms with Gasteiger partial charge in [-0.3, -0.25) is 4.79 Å². The van der Waals surface area contributed by atoms with Crippen LogP contribution in [0.3, 0.4) is 0 Å². The van der Waals surface area contributed by atoms with Gasteiger partial charge in [0, 0.05) is 16.9 Å². The number of halogens is 1. The van der Waals surface area contributed by atoms with Crippen LogP contribution in [0.2, 0.25) is 0 Å². The SMILES string of the molecule is NC(CCC(=O)OCc1ccc(Br)cc1)c1ccccc1. The van der Waals surface area contributed by atoms with Crippen molar-refractivity contribution in [3.05, 3.63) is 70.2 Å². The summed E-state index contributed by atoms with van der Waals surface area (Å²) in [5, 5.41) is 0. The molecule has 0 saturated carbocycles. The monoisotopic (exact) mass is 347 g/mol. The van der Waals surface area contributed by atoms with Crippen molar-refractivity contribution in [2.75, 3.05) is 0 Å². The molecular weight excluding hydrogens is 330 g/mol. The number of carbonyl (C=O) groups is 1. The summed E-state index contributed by atoms with van der Waals surface area (Å²) in [5.74, 6) is -0.218. The molecule has 2 aromatic rings. The van der Waals surface area contributed by atoms with E-state index in [9.17, 15) is 4.79 Å². The molecule has 0 radical (unpaired) electrons. The van der Waals surface area contributed by atoms with E-state index >= 15 is 0 Å². The lowest BCUT2D eigenvalue weighted by Crippen LogP contribution is -2.13. The van der Waals surface area contributed by atoms with E-state index in [1.54, 1.807) is 0 Å². The number of ether oxygens (including phenoxy) is 1. The van der Waals surface area contributed by atoms with Gasteiger partial charge in [0.2, 0.25) is 0 Å². The van der Waals surface area contributed by atoms with E-state index in [-0.39, 0.29) is 12.0 Å². The Hall–Kier alpha value is -1.65. The van der Waals surface area contributed by atoms with Gasteiger partial charge in [-0.2, -0.15) is 0 Å². The first-order chi connectivity index (χ1) is 10.1. The molecule has 0 aliphatic rings. The summed E-state index contributed by atoms with van der Waals surface area (Å²) in [6.45, 7) is 0.298. The largest absolute Gasteiger partial charge is 0.461 e. The highest BCUT2D eigenvalue weighted by Crippen LogP contribution is 2.16. The van der Waals surface area contributed by atoms with Crippen molar-refractivity contribution in [3.63, 3.8) is 0 Å². The molecule has 1 atom stereocenters. The quantitative estimate of drug-likeness (QED) is 0.804. The fraction of sp³-hybridized carbons (Fsp3) is 0.235. The number of hydrogen-bond acceptors (Lipinski definition) is 3. The predicted octanol–water partition coefficient (Wildman–Crippen LogP) is 3.97. The molecule has 2 N–H and O–H groups in total. The van der Waals surface area contributed by atoms with Crippen LogP contribution in [0.5, 0.6) is 0 Å². The summed E-state index contributed by atoms with van der Waals surface area (Å²) in [6, 6.07) is 17.3.